The molecule has 0 N–H and O–H groups in total. The maximum atomic E-state index is 2.43. The molecule has 0 bridgehead atoms. The third-order valence-electron chi connectivity index (χ3n) is 12.7. The molecule has 0 radical (unpaired) electrons. The highest BCUT2D eigenvalue weighted by atomic mass is 32.1. The van der Waals surface area contributed by atoms with Crippen LogP contribution in [0.15, 0.2) is 249 Å². The lowest BCUT2D eigenvalue weighted by molar-refractivity contribution is 1.28. The number of benzene rings is 11. The van der Waals surface area contributed by atoms with E-state index in [4.69, 9.17) is 0 Å². The zero-order chi connectivity index (χ0) is 42.4. The molecule has 0 spiro atoms. The van der Waals surface area contributed by atoms with Gasteiger partial charge in [-0.1, -0.05) is 200 Å². The second-order valence-electron chi connectivity index (χ2n) is 16.4. The molecule has 0 amide bonds. The topological polar surface area (TPSA) is 3.24 Å². The summed E-state index contributed by atoms with van der Waals surface area (Å²) in [6, 6.07) is 90.9. The third kappa shape index (κ3) is 6.73. The van der Waals surface area contributed by atoms with Gasteiger partial charge in [-0.05, 0) is 120 Å². The SMILES string of the molecule is c1ccc(-c2ccc3ccccc3c2)c(-c2ccc(N(c3ccc(-c4ccc(-c5cccc6ccccc56)cc4)cc3)c3ccccc3-c3cccc4sc5ccccc5c34)cc2)c1. The first kappa shape index (κ1) is 37.7. The summed E-state index contributed by atoms with van der Waals surface area (Å²) >= 11 is 1.86. The van der Waals surface area contributed by atoms with E-state index in [2.05, 4.69) is 254 Å². The van der Waals surface area contributed by atoms with Crippen LogP contribution in [0.25, 0.3) is 97.4 Å². The molecule has 64 heavy (non-hydrogen) atoms. The Bertz CT molecular complexity index is 3650. The molecule has 300 valence electrons. The molecule has 1 aromatic heterocycles. The van der Waals surface area contributed by atoms with Crippen LogP contribution >= 0.6 is 11.3 Å². The number of nitrogens with zero attached hydrogens (tertiary/aromatic N) is 1. The van der Waals surface area contributed by atoms with Crippen LogP contribution in [-0.2, 0) is 0 Å². The molecular weight excluding hydrogens is 791 g/mol. The maximum absolute atomic E-state index is 2.43. The number of rotatable bonds is 8. The molecule has 0 aliphatic carbocycles. The fourth-order valence-electron chi connectivity index (χ4n) is 9.58. The van der Waals surface area contributed by atoms with E-state index in [1.807, 2.05) is 11.3 Å². The summed E-state index contributed by atoms with van der Waals surface area (Å²) in [6.45, 7) is 0. The summed E-state index contributed by atoms with van der Waals surface area (Å²) < 4.78 is 2.60. The van der Waals surface area contributed by atoms with Gasteiger partial charge in [-0.15, -0.1) is 11.3 Å². The van der Waals surface area contributed by atoms with Gasteiger partial charge in [-0.25, -0.2) is 0 Å². The Kier molecular flexibility index (Phi) is 9.43. The number of hydrogen-bond donors (Lipinski definition) is 0. The lowest BCUT2D eigenvalue weighted by Gasteiger charge is -2.28. The van der Waals surface area contributed by atoms with Gasteiger partial charge in [0, 0.05) is 37.1 Å². The van der Waals surface area contributed by atoms with Crippen LogP contribution in [0.3, 0.4) is 0 Å². The van der Waals surface area contributed by atoms with E-state index in [1.165, 1.54) is 97.4 Å². The maximum Gasteiger partial charge on any atom is 0.0540 e. The standard InChI is InChI=1S/C62H41NS/c1-2-15-48-41-49(32-29-42(48)13-1)55-19-6-5-18-53(55)47-35-39-51(40-36-47)63(59-24-9-7-20-56(59)57-23-12-26-61-62(57)58-21-8-10-25-60(58)64-61)50-37-33-44(34-38-50)43-27-30-46(31-28-43)54-22-11-16-45-14-3-4-17-52(45)54/h1-41H. The second kappa shape index (κ2) is 16.0. The largest absolute Gasteiger partial charge is 0.310 e. The Morgan fingerprint density at radius 1 is 0.266 bits per heavy atom. The Hall–Kier alpha value is -8.04. The minimum atomic E-state index is 1.09. The minimum Gasteiger partial charge on any atom is -0.310 e. The van der Waals surface area contributed by atoms with Crippen LogP contribution in [0.2, 0.25) is 0 Å². The predicted octanol–water partition coefficient (Wildman–Crippen LogP) is 18.2. The summed E-state index contributed by atoms with van der Waals surface area (Å²) in [7, 11) is 0. The molecule has 12 rings (SSSR count). The number of para-hydroxylation sites is 1. The number of thiophene rings is 1. The summed E-state index contributed by atoms with van der Waals surface area (Å²) in [5.74, 6) is 0. The van der Waals surface area contributed by atoms with Crippen molar-refractivity contribution in [3.05, 3.63) is 249 Å². The lowest BCUT2D eigenvalue weighted by Crippen LogP contribution is -2.11. The highest BCUT2D eigenvalue weighted by Crippen LogP contribution is 2.47. The van der Waals surface area contributed by atoms with E-state index < -0.39 is 0 Å². The Labute approximate surface area is 377 Å². The van der Waals surface area contributed by atoms with E-state index in [1.54, 1.807) is 0 Å². The molecule has 1 heterocycles. The molecule has 0 aliphatic rings. The van der Waals surface area contributed by atoms with Crippen molar-refractivity contribution in [3.63, 3.8) is 0 Å². The van der Waals surface area contributed by atoms with Gasteiger partial charge < -0.3 is 4.90 Å². The van der Waals surface area contributed by atoms with E-state index in [0.717, 1.165) is 17.1 Å². The summed E-state index contributed by atoms with van der Waals surface area (Å²) in [6.07, 6.45) is 0. The van der Waals surface area contributed by atoms with Gasteiger partial charge in [-0.2, -0.15) is 0 Å². The molecule has 11 aromatic carbocycles. The highest BCUT2D eigenvalue weighted by molar-refractivity contribution is 7.25. The van der Waals surface area contributed by atoms with Crippen molar-refractivity contribution in [1.29, 1.82) is 0 Å². The van der Waals surface area contributed by atoms with Gasteiger partial charge in [0.15, 0.2) is 0 Å². The van der Waals surface area contributed by atoms with Crippen molar-refractivity contribution < 1.29 is 0 Å². The molecular formula is C62H41NS. The van der Waals surface area contributed by atoms with Crippen LogP contribution < -0.4 is 4.90 Å². The zero-order valence-corrected chi connectivity index (χ0v) is 35.8. The Balaban J connectivity index is 0.958. The van der Waals surface area contributed by atoms with Crippen LogP contribution in [0, 0.1) is 0 Å². The average molecular weight is 832 g/mol. The molecule has 0 unspecified atom stereocenters. The van der Waals surface area contributed by atoms with E-state index >= 15 is 0 Å². The van der Waals surface area contributed by atoms with Gasteiger partial charge in [0.05, 0.1) is 5.69 Å². The van der Waals surface area contributed by atoms with E-state index in [9.17, 15) is 0 Å². The predicted molar refractivity (Wildman–Crippen MR) is 276 cm³/mol. The van der Waals surface area contributed by atoms with Crippen molar-refractivity contribution in [2.75, 3.05) is 4.90 Å². The average Bonchev–Trinajstić information content (AvgIpc) is 3.76. The Morgan fingerprint density at radius 3 is 1.50 bits per heavy atom. The number of fused-ring (bicyclic) bond motifs is 5. The van der Waals surface area contributed by atoms with Crippen molar-refractivity contribution in [2.24, 2.45) is 0 Å². The van der Waals surface area contributed by atoms with Crippen LogP contribution in [0.4, 0.5) is 17.1 Å². The highest BCUT2D eigenvalue weighted by Gasteiger charge is 2.20. The first-order chi connectivity index (χ1) is 31.7. The molecule has 2 heteroatoms. The fraction of sp³-hybridized carbons (Fsp3) is 0. The van der Waals surface area contributed by atoms with Gasteiger partial charge >= 0.3 is 0 Å². The molecule has 0 saturated carbocycles. The first-order valence-corrected chi connectivity index (χ1v) is 22.7. The van der Waals surface area contributed by atoms with Crippen molar-refractivity contribution in [1.82, 2.24) is 0 Å². The monoisotopic (exact) mass is 831 g/mol. The van der Waals surface area contributed by atoms with Crippen LogP contribution in [0.1, 0.15) is 0 Å². The van der Waals surface area contributed by atoms with Gasteiger partial charge in [-0.3, -0.25) is 0 Å². The smallest absolute Gasteiger partial charge is 0.0540 e. The molecule has 0 fully saturated rings. The van der Waals surface area contributed by atoms with Gasteiger partial charge in [0.25, 0.3) is 0 Å². The molecule has 0 aliphatic heterocycles. The summed E-state index contributed by atoms with van der Waals surface area (Å²) in [4.78, 5) is 2.43. The normalized spacial score (nSPS) is 11.4. The number of hydrogen-bond acceptors (Lipinski definition) is 2. The van der Waals surface area contributed by atoms with E-state index in [0.29, 0.717) is 0 Å². The third-order valence-corrected chi connectivity index (χ3v) is 13.8. The minimum absolute atomic E-state index is 1.09. The van der Waals surface area contributed by atoms with Crippen molar-refractivity contribution in [3.8, 4) is 55.6 Å². The summed E-state index contributed by atoms with van der Waals surface area (Å²) in [5, 5.41) is 7.62. The molecule has 12 aromatic rings. The molecule has 1 nitrogen and oxygen atoms in total. The Morgan fingerprint density at radius 2 is 0.734 bits per heavy atom. The van der Waals surface area contributed by atoms with Crippen molar-refractivity contribution >= 4 is 70.1 Å². The first-order valence-electron chi connectivity index (χ1n) is 21.9. The van der Waals surface area contributed by atoms with Gasteiger partial charge in [0.1, 0.15) is 0 Å². The molecule has 0 atom stereocenters. The summed E-state index contributed by atoms with van der Waals surface area (Å²) in [5.41, 5.74) is 15.4. The van der Waals surface area contributed by atoms with Crippen LogP contribution in [-0.4, -0.2) is 0 Å². The second-order valence-corrected chi connectivity index (χ2v) is 17.5. The van der Waals surface area contributed by atoms with Crippen LogP contribution in [0.5, 0.6) is 0 Å². The van der Waals surface area contributed by atoms with E-state index in [-0.39, 0.29) is 0 Å². The number of anilines is 3. The van der Waals surface area contributed by atoms with Crippen molar-refractivity contribution in [2.45, 2.75) is 0 Å². The fourth-order valence-corrected chi connectivity index (χ4v) is 10.7. The molecule has 0 saturated heterocycles. The lowest BCUT2D eigenvalue weighted by atomic mass is 9.93. The zero-order valence-electron chi connectivity index (χ0n) is 35.0. The quantitative estimate of drug-likeness (QED) is 0.147. The van der Waals surface area contributed by atoms with Gasteiger partial charge in [0.2, 0.25) is 0 Å².